The van der Waals surface area contributed by atoms with Crippen LogP contribution in [0.3, 0.4) is 0 Å². The Balaban J connectivity index is 1.72. The Kier molecular flexibility index (Phi) is 4.21. The molecule has 2 aliphatic carbocycles. The van der Waals surface area contributed by atoms with E-state index in [1.807, 2.05) is 6.92 Å². The van der Waals surface area contributed by atoms with E-state index >= 15 is 0 Å². The van der Waals surface area contributed by atoms with Crippen molar-refractivity contribution in [1.29, 1.82) is 0 Å². The number of carbonyl (C=O) groups excluding carboxylic acids is 1. The molecule has 0 aliphatic heterocycles. The number of carbonyl (C=O) groups is 1. The summed E-state index contributed by atoms with van der Waals surface area (Å²) in [5.74, 6) is 1.11. The summed E-state index contributed by atoms with van der Waals surface area (Å²) in [6, 6.07) is 0. The average molecular weight is 238 g/mol. The molecule has 2 aliphatic rings. The van der Waals surface area contributed by atoms with Gasteiger partial charge < -0.3 is 9.47 Å². The highest BCUT2D eigenvalue weighted by Crippen LogP contribution is 2.43. The van der Waals surface area contributed by atoms with E-state index in [9.17, 15) is 4.79 Å². The first kappa shape index (κ1) is 12.6. The topological polar surface area (TPSA) is 35.5 Å². The first-order valence-corrected chi connectivity index (χ1v) is 6.67. The first-order valence-electron chi connectivity index (χ1n) is 6.67. The molecule has 0 spiro atoms. The molecule has 0 amide bonds. The number of hydrogen-bond donors (Lipinski definition) is 0. The monoisotopic (exact) mass is 238 g/mol. The van der Waals surface area contributed by atoms with E-state index < -0.39 is 0 Å². The summed E-state index contributed by atoms with van der Waals surface area (Å²) in [7, 11) is 0. The molecule has 1 fully saturated rings. The molecule has 3 unspecified atom stereocenters. The molecule has 0 aromatic carbocycles. The Morgan fingerprint density at radius 1 is 1.41 bits per heavy atom. The van der Waals surface area contributed by atoms with Crippen molar-refractivity contribution < 1.29 is 14.3 Å². The number of fused-ring (bicyclic) bond motifs is 2. The van der Waals surface area contributed by atoms with Crippen molar-refractivity contribution in [3.63, 3.8) is 0 Å². The minimum atomic E-state index is -0.128. The van der Waals surface area contributed by atoms with E-state index in [2.05, 4.69) is 19.1 Å². The largest absolute Gasteiger partial charge is 0.460 e. The van der Waals surface area contributed by atoms with Gasteiger partial charge in [0.2, 0.25) is 0 Å². The van der Waals surface area contributed by atoms with E-state index in [-0.39, 0.29) is 18.0 Å². The second-order valence-electron chi connectivity index (χ2n) is 5.21. The lowest BCUT2D eigenvalue weighted by Crippen LogP contribution is -2.27. The van der Waals surface area contributed by atoms with Gasteiger partial charge in [0.05, 0.1) is 12.5 Å². The minimum absolute atomic E-state index is 0.0329. The fourth-order valence-corrected chi connectivity index (χ4v) is 2.77. The van der Waals surface area contributed by atoms with Crippen molar-refractivity contribution >= 4 is 5.97 Å². The highest BCUT2D eigenvalue weighted by molar-refractivity contribution is 5.74. The molecule has 3 nitrogen and oxygen atoms in total. The summed E-state index contributed by atoms with van der Waals surface area (Å²) < 4.78 is 10.8. The molecular formula is C14H22O3. The van der Waals surface area contributed by atoms with Crippen molar-refractivity contribution in [3.05, 3.63) is 12.2 Å². The third kappa shape index (κ3) is 3.09. The number of rotatable bonds is 6. The fraction of sp³-hybridized carbons (Fsp3) is 0.786. The maximum Gasteiger partial charge on any atom is 0.309 e. The molecule has 1 saturated carbocycles. The quantitative estimate of drug-likeness (QED) is 0.405. The van der Waals surface area contributed by atoms with Crippen molar-refractivity contribution in [2.75, 3.05) is 13.2 Å². The Morgan fingerprint density at radius 3 is 2.82 bits per heavy atom. The lowest BCUT2D eigenvalue weighted by atomic mass is 9.94. The summed E-state index contributed by atoms with van der Waals surface area (Å²) in [5.41, 5.74) is 0. The molecule has 3 heteroatoms. The second kappa shape index (κ2) is 5.67. The van der Waals surface area contributed by atoms with E-state index in [0.29, 0.717) is 18.4 Å². The Bertz CT molecular complexity index is 298. The molecule has 0 aromatic rings. The van der Waals surface area contributed by atoms with Gasteiger partial charge >= 0.3 is 5.97 Å². The van der Waals surface area contributed by atoms with Crippen LogP contribution >= 0.6 is 0 Å². The number of ether oxygens (including phenoxy) is 2. The predicted octanol–water partition coefficient (Wildman–Crippen LogP) is 2.56. The zero-order valence-electron chi connectivity index (χ0n) is 10.7. The van der Waals surface area contributed by atoms with Gasteiger partial charge in [-0.2, -0.15) is 0 Å². The van der Waals surface area contributed by atoms with E-state index in [0.717, 1.165) is 25.9 Å². The number of allylic oxidation sites excluding steroid dienone is 2. The van der Waals surface area contributed by atoms with Gasteiger partial charge in [0.25, 0.3) is 0 Å². The van der Waals surface area contributed by atoms with Crippen LogP contribution in [0.4, 0.5) is 0 Å². The van der Waals surface area contributed by atoms with Gasteiger partial charge in [0.15, 0.2) is 0 Å². The van der Waals surface area contributed by atoms with Gasteiger partial charge in [-0.15, -0.1) is 0 Å². The van der Waals surface area contributed by atoms with E-state index in [1.165, 1.54) is 0 Å². The van der Waals surface area contributed by atoms with E-state index in [4.69, 9.17) is 9.47 Å². The van der Waals surface area contributed by atoms with E-state index in [1.54, 1.807) is 0 Å². The second-order valence-corrected chi connectivity index (χ2v) is 5.21. The van der Waals surface area contributed by atoms with Crippen molar-refractivity contribution in [1.82, 2.24) is 0 Å². The summed E-state index contributed by atoms with van der Waals surface area (Å²) in [5, 5.41) is 0. The van der Waals surface area contributed by atoms with Crippen LogP contribution in [-0.2, 0) is 14.3 Å². The maximum absolute atomic E-state index is 12.0. The first-order chi connectivity index (χ1) is 8.20. The van der Waals surface area contributed by atoms with Crippen molar-refractivity contribution in [2.24, 2.45) is 17.8 Å². The van der Waals surface area contributed by atoms with Crippen LogP contribution in [0, 0.1) is 17.8 Å². The Labute approximate surface area is 103 Å². The third-order valence-corrected chi connectivity index (χ3v) is 3.60. The summed E-state index contributed by atoms with van der Waals surface area (Å²) in [4.78, 5) is 12.0. The van der Waals surface area contributed by atoms with Gasteiger partial charge in [-0.3, -0.25) is 4.79 Å². The SMILES string of the molecule is CCCOCC(C)OC(=O)[C@H]1CC2C=CC1C2. The Morgan fingerprint density at radius 2 is 2.24 bits per heavy atom. The smallest absolute Gasteiger partial charge is 0.309 e. The molecule has 0 radical (unpaired) electrons. The number of hydrogen-bond acceptors (Lipinski definition) is 3. The normalized spacial score (nSPS) is 31.8. The highest BCUT2D eigenvalue weighted by atomic mass is 16.6. The third-order valence-electron chi connectivity index (χ3n) is 3.60. The predicted molar refractivity (Wildman–Crippen MR) is 65.5 cm³/mol. The molecule has 4 atom stereocenters. The summed E-state index contributed by atoms with van der Waals surface area (Å²) >= 11 is 0. The highest BCUT2D eigenvalue weighted by Gasteiger charge is 2.41. The molecule has 0 saturated heterocycles. The minimum Gasteiger partial charge on any atom is -0.460 e. The van der Waals surface area contributed by atoms with Crippen LogP contribution in [0.25, 0.3) is 0 Å². The van der Waals surface area contributed by atoms with Crippen LogP contribution < -0.4 is 0 Å². The van der Waals surface area contributed by atoms with Crippen LogP contribution in [0.1, 0.15) is 33.1 Å². The molecule has 2 rings (SSSR count). The molecular weight excluding hydrogens is 216 g/mol. The zero-order chi connectivity index (χ0) is 12.3. The van der Waals surface area contributed by atoms with Gasteiger partial charge in [0.1, 0.15) is 6.10 Å². The van der Waals surface area contributed by atoms with Crippen LogP contribution in [-0.4, -0.2) is 25.3 Å². The molecule has 96 valence electrons. The maximum atomic E-state index is 12.0. The fourth-order valence-electron chi connectivity index (χ4n) is 2.77. The van der Waals surface area contributed by atoms with Crippen molar-refractivity contribution in [3.8, 4) is 0 Å². The summed E-state index contributed by atoms with van der Waals surface area (Å²) in [6.07, 6.45) is 7.40. The average Bonchev–Trinajstić information content (AvgIpc) is 2.91. The van der Waals surface area contributed by atoms with Gasteiger partial charge in [0, 0.05) is 6.61 Å². The van der Waals surface area contributed by atoms with Crippen LogP contribution in [0.15, 0.2) is 12.2 Å². The molecule has 0 heterocycles. The molecule has 2 bridgehead atoms. The lowest BCUT2D eigenvalue weighted by molar-refractivity contribution is -0.156. The van der Waals surface area contributed by atoms with Crippen LogP contribution in [0.2, 0.25) is 0 Å². The van der Waals surface area contributed by atoms with Crippen molar-refractivity contribution in [2.45, 2.75) is 39.2 Å². The summed E-state index contributed by atoms with van der Waals surface area (Å²) in [6.45, 7) is 5.21. The van der Waals surface area contributed by atoms with Gasteiger partial charge in [-0.1, -0.05) is 19.1 Å². The molecule has 17 heavy (non-hydrogen) atoms. The Hall–Kier alpha value is -0.830. The molecule has 0 N–H and O–H groups in total. The van der Waals surface area contributed by atoms with Crippen LogP contribution in [0.5, 0.6) is 0 Å². The zero-order valence-corrected chi connectivity index (χ0v) is 10.7. The molecule has 0 aromatic heterocycles. The number of esters is 1. The standard InChI is InChI=1S/C14H22O3/c1-3-6-16-9-10(2)17-14(15)13-8-11-4-5-12(13)7-11/h4-5,10-13H,3,6-9H2,1-2H3/t10?,11?,12?,13-/m0/s1. The van der Waals surface area contributed by atoms with Gasteiger partial charge in [-0.25, -0.2) is 0 Å². The van der Waals surface area contributed by atoms with Gasteiger partial charge in [-0.05, 0) is 38.0 Å². The lowest BCUT2D eigenvalue weighted by Gasteiger charge is -2.20.